The van der Waals surface area contributed by atoms with Crippen molar-refractivity contribution in [1.29, 1.82) is 0 Å². The third-order valence-corrected chi connectivity index (χ3v) is 3.19. The third kappa shape index (κ3) is 3.42. The van der Waals surface area contributed by atoms with Gasteiger partial charge >= 0.3 is 0 Å². The highest BCUT2D eigenvalue weighted by Gasteiger charge is 2.31. The Balaban J connectivity index is 2.94. The van der Waals surface area contributed by atoms with E-state index in [0.717, 1.165) is 4.31 Å². The summed E-state index contributed by atoms with van der Waals surface area (Å²) >= 11 is -2.34. The van der Waals surface area contributed by atoms with E-state index >= 15 is 0 Å². The predicted octanol–water partition coefficient (Wildman–Crippen LogP) is 0.373. The van der Waals surface area contributed by atoms with Crippen molar-refractivity contribution in [2.75, 3.05) is 13.6 Å². The maximum atomic E-state index is 11.7. The van der Waals surface area contributed by atoms with Crippen molar-refractivity contribution >= 4 is 22.8 Å². The fraction of sp³-hybridized carbons (Fsp3) is 0.455. The quantitative estimate of drug-likeness (QED) is 0.538. The summed E-state index contributed by atoms with van der Waals surface area (Å²) in [6.07, 6.45) is 3.69. The van der Waals surface area contributed by atoms with Crippen LogP contribution < -0.4 is 0 Å². The first-order valence-corrected chi connectivity index (χ1v) is 6.06. The van der Waals surface area contributed by atoms with Crippen molar-refractivity contribution < 1.29 is 18.4 Å². The van der Waals surface area contributed by atoms with Crippen molar-refractivity contribution in [2.24, 2.45) is 5.41 Å². The van der Waals surface area contributed by atoms with E-state index in [2.05, 4.69) is 0 Å². The smallest absolute Gasteiger partial charge is 0.182 e. The van der Waals surface area contributed by atoms with E-state index in [-0.39, 0.29) is 18.1 Å². The molecule has 1 aliphatic carbocycles. The molecular weight excluding hydrogens is 242 g/mol. The molecule has 6 heteroatoms. The minimum atomic E-state index is -2.34. The van der Waals surface area contributed by atoms with Crippen LogP contribution in [0, 0.1) is 5.41 Å². The number of rotatable bonds is 4. The topological polar surface area (TPSA) is 77.5 Å². The molecule has 0 radical (unpaired) electrons. The van der Waals surface area contributed by atoms with Gasteiger partial charge < -0.3 is 4.55 Å². The van der Waals surface area contributed by atoms with E-state index in [0.29, 0.717) is 5.57 Å². The first kappa shape index (κ1) is 14.0. The van der Waals surface area contributed by atoms with E-state index in [9.17, 15) is 18.4 Å². The number of hydrogen-bond donors (Lipinski definition) is 0. The van der Waals surface area contributed by atoms with Gasteiger partial charge in [0.1, 0.15) is 0 Å². The summed E-state index contributed by atoms with van der Waals surface area (Å²) in [5.74, 6) is -0.502. The molecule has 1 rings (SSSR count). The van der Waals surface area contributed by atoms with E-state index in [4.69, 9.17) is 0 Å². The second kappa shape index (κ2) is 5.03. The van der Waals surface area contributed by atoms with Gasteiger partial charge in [-0.3, -0.25) is 13.8 Å². The van der Waals surface area contributed by atoms with Crippen LogP contribution in [-0.4, -0.2) is 38.2 Å². The number of carbonyl (C=O) groups is 2. The Bertz CT molecular complexity index is 437. The first-order valence-electron chi connectivity index (χ1n) is 5.03. The number of ketones is 2. The van der Waals surface area contributed by atoms with Crippen LogP contribution in [0.2, 0.25) is 0 Å². The Hall–Kier alpha value is -1.11. The highest BCUT2D eigenvalue weighted by Crippen LogP contribution is 2.30. The molecule has 0 aromatic carbocycles. The summed E-state index contributed by atoms with van der Waals surface area (Å²) in [6, 6.07) is 0. The van der Waals surface area contributed by atoms with Crippen LogP contribution in [0.25, 0.3) is 0 Å². The average Bonchev–Trinajstić information content (AvgIpc) is 2.20. The lowest BCUT2D eigenvalue weighted by Crippen LogP contribution is -2.36. The normalized spacial score (nSPS) is 18.5. The summed E-state index contributed by atoms with van der Waals surface area (Å²) in [6.45, 7) is 3.60. The summed E-state index contributed by atoms with van der Waals surface area (Å²) < 4.78 is 22.6. The predicted molar refractivity (Wildman–Crippen MR) is 62.6 cm³/mol. The van der Waals surface area contributed by atoms with Crippen molar-refractivity contribution in [3.05, 3.63) is 23.8 Å². The van der Waals surface area contributed by atoms with Gasteiger partial charge in [-0.25, -0.2) is 4.31 Å². The maximum Gasteiger partial charge on any atom is 0.182 e. The standard InChI is InChI=1S/C11H15NO4S/c1-11(2,7-12(3)17(15)16)9-6-8(13)4-5-10(9)14/h4-6H,7H2,1-3H3,(H,15,16)/p-1. The van der Waals surface area contributed by atoms with Gasteiger partial charge in [-0.1, -0.05) is 13.8 Å². The Morgan fingerprint density at radius 3 is 2.47 bits per heavy atom. The van der Waals surface area contributed by atoms with Crippen LogP contribution in [-0.2, 0) is 20.9 Å². The maximum absolute atomic E-state index is 11.7. The minimum absolute atomic E-state index is 0.141. The summed E-state index contributed by atoms with van der Waals surface area (Å²) in [7, 11) is 1.41. The van der Waals surface area contributed by atoms with Gasteiger partial charge in [-0.15, -0.1) is 0 Å². The molecule has 0 amide bonds. The zero-order valence-electron chi connectivity index (χ0n) is 9.93. The number of hydrogen-bond acceptors (Lipinski definition) is 4. The second-order valence-corrected chi connectivity index (χ2v) is 5.60. The van der Waals surface area contributed by atoms with Gasteiger partial charge in [0.05, 0.1) is 0 Å². The summed E-state index contributed by atoms with van der Waals surface area (Å²) in [5, 5.41) is 0. The Morgan fingerprint density at radius 2 is 1.94 bits per heavy atom. The molecular formula is C11H14NO4S-. The molecule has 0 saturated carbocycles. The van der Waals surface area contributed by atoms with Gasteiger partial charge in [-0.05, 0) is 25.3 Å². The molecule has 0 fully saturated rings. The third-order valence-electron chi connectivity index (χ3n) is 2.55. The molecule has 1 atom stereocenters. The lowest BCUT2D eigenvalue weighted by Gasteiger charge is -2.32. The van der Waals surface area contributed by atoms with Crippen LogP contribution in [0.3, 0.4) is 0 Å². The molecule has 0 aromatic heterocycles. The fourth-order valence-corrected chi connectivity index (χ4v) is 2.16. The second-order valence-electron chi connectivity index (χ2n) is 4.54. The van der Waals surface area contributed by atoms with Gasteiger partial charge in [0.2, 0.25) is 0 Å². The fourth-order valence-electron chi connectivity index (χ4n) is 1.73. The van der Waals surface area contributed by atoms with Gasteiger partial charge in [-0.2, -0.15) is 0 Å². The van der Waals surface area contributed by atoms with Crippen LogP contribution in [0.15, 0.2) is 23.8 Å². The highest BCUT2D eigenvalue weighted by molar-refractivity contribution is 7.76. The molecule has 0 aromatic rings. The molecule has 0 spiro atoms. The summed E-state index contributed by atoms with van der Waals surface area (Å²) in [4.78, 5) is 22.9. The van der Waals surface area contributed by atoms with Gasteiger partial charge in [0, 0.05) is 28.8 Å². The van der Waals surface area contributed by atoms with E-state index < -0.39 is 16.7 Å². The minimum Gasteiger partial charge on any atom is -0.760 e. The van der Waals surface area contributed by atoms with Crippen molar-refractivity contribution in [2.45, 2.75) is 13.8 Å². The van der Waals surface area contributed by atoms with Crippen molar-refractivity contribution in [3.8, 4) is 0 Å². The van der Waals surface area contributed by atoms with E-state index in [1.807, 2.05) is 0 Å². The molecule has 0 bridgehead atoms. The lowest BCUT2D eigenvalue weighted by atomic mass is 9.79. The molecule has 0 saturated heterocycles. The molecule has 1 aliphatic rings. The molecule has 5 nitrogen and oxygen atoms in total. The first-order chi connectivity index (χ1) is 7.74. The van der Waals surface area contributed by atoms with Crippen molar-refractivity contribution in [1.82, 2.24) is 4.31 Å². The van der Waals surface area contributed by atoms with E-state index in [1.54, 1.807) is 13.8 Å². The average molecular weight is 256 g/mol. The Morgan fingerprint density at radius 1 is 1.35 bits per heavy atom. The monoisotopic (exact) mass is 256 g/mol. The highest BCUT2D eigenvalue weighted by atomic mass is 32.2. The van der Waals surface area contributed by atoms with Crippen LogP contribution in [0.1, 0.15) is 13.8 Å². The Kier molecular flexibility index (Phi) is 4.13. The van der Waals surface area contributed by atoms with Crippen LogP contribution in [0.4, 0.5) is 0 Å². The lowest BCUT2D eigenvalue weighted by molar-refractivity contribution is -0.115. The zero-order valence-corrected chi connectivity index (χ0v) is 10.7. The van der Waals surface area contributed by atoms with Gasteiger partial charge in [0.25, 0.3) is 0 Å². The van der Waals surface area contributed by atoms with E-state index in [1.165, 1.54) is 25.3 Å². The van der Waals surface area contributed by atoms with Crippen LogP contribution in [0.5, 0.6) is 0 Å². The SMILES string of the molecule is CN(CC(C)(C)C1=CC(=O)C=CC1=O)S(=O)[O-]. The zero-order chi connectivity index (χ0) is 13.2. The molecule has 17 heavy (non-hydrogen) atoms. The molecule has 0 N–H and O–H groups in total. The molecule has 1 unspecified atom stereocenters. The van der Waals surface area contributed by atoms with Crippen LogP contribution >= 0.6 is 0 Å². The number of allylic oxidation sites excluding steroid dienone is 3. The molecule has 0 heterocycles. The number of carbonyl (C=O) groups excluding carboxylic acids is 2. The Labute approximate surface area is 103 Å². The van der Waals surface area contributed by atoms with Crippen molar-refractivity contribution in [3.63, 3.8) is 0 Å². The molecule has 0 aliphatic heterocycles. The van der Waals surface area contributed by atoms with Gasteiger partial charge in [0.15, 0.2) is 11.6 Å². The number of nitrogens with zero attached hydrogens (tertiary/aromatic N) is 1. The largest absolute Gasteiger partial charge is 0.760 e. The summed E-state index contributed by atoms with van der Waals surface area (Å²) in [5.41, 5.74) is -0.367. The molecule has 94 valence electrons.